The number of hydrogen-bond acceptors (Lipinski definition) is 4. The van der Waals surface area contributed by atoms with Crippen LogP contribution in [0.25, 0.3) is 0 Å². The van der Waals surface area contributed by atoms with Gasteiger partial charge in [0.2, 0.25) is 0 Å². The van der Waals surface area contributed by atoms with Gasteiger partial charge in [-0.3, -0.25) is 4.90 Å². The molecule has 4 nitrogen and oxygen atoms in total. The lowest BCUT2D eigenvalue weighted by Gasteiger charge is -2.00. The number of rotatable bonds is 0. The summed E-state index contributed by atoms with van der Waals surface area (Å²) in [5.74, 6) is 0.572. The molecule has 1 aromatic rings. The van der Waals surface area contributed by atoms with Crippen LogP contribution >= 0.6 is 0 Å². The fraction of sp³-hybridized carbons (Fsp3) is 0.273. The average molecular weight is 204 g/mol. The number of likely N-dealkylation sites (tertiary alicyclic amines) is 1. The molecule has 1 saturated heterocycles. The standard InChI is InChI=1S/C6H10N2.C5H6N2/c1-5-3-8(2)4-6(5)7;6-5-3-1-2-4-7-5/h7H,1,3-4H2,2H3;1-4H,(H2,6,7). The van der Waals surface area contributed by atoms with Crippen LogP contribution in [0.15, 0.2) is 36.5 Å². The van der Waals surface area contributed by atoms with E-state index < -0.39 is 0 Å². The number of pyridine rings is 1. The predicted molar refractivity (Wildman–Crippen MR) is 63.0 cm³/mol. The van der Waals surface area contributed by atoms with Crippen LogP contribution in [0.1, 0.15) is 0 Å². The lowest BCUT2D eigenvalue weighted by atomic mass is 10.2. The summed E-state index contributed by atoms with van der Waals surface area (Å²) in [6.07, 6.45) is 1.66. The van der Waals surface area contributed by atoms with Crippen LogP contribution in [-0.2, 0) is 0 Å². The molecule has 0 spiro atoms. The first-order chi connectivity index (χ1) is 7.09. The van der Waals surface area contributed by atoms with E-state index in [1.54, 1.807) is 12.3 Å². The predicted octanol–water partition coefficient (Wildman–Crippen LogP) is 1.17. The molecular weight excluding hydrogens is 188 g/mol. The number of anilines is 1. The van der Waals surface area contributed by atoms with Crippen LogP contribution < -0.4 is 5.73 Å². The van der Waals surface area contributed by atoms with Gasteiger partial charge in [-0.25, -0.2) is 4.98 Å². The van der Waals surface area contributed by atoms with E-state index in [1.807, 2.05) is 19.2 Å². The fourth-order valence-electron chi connectivity index (χ4n) is 1.23. The minimum absolute atomic E-state index is 0.572. The monoisotopic (exact) mass is 204 g/mol. The highest BCUT2D eigenvalue weighted by Crippen LogP contribution is 2.05. The Bertz CT molecular complexity index is 329. The molecule has 0 unspecified atom stereocenters. The van der Waals surface area contributed by atoms with E-state index >= 15 is 0 Å². The van der Waals surface area contributed by atoms with E-state index in [4.69, 9.17) is 11.1 Å². The Hall–Kier alpha value is -1.68. The fourth-order valence-corrected chi connectivity index (χ4v) is 1.23. The minimum atomic E-state index is 0.572. The highest BCUT2D eigenvalue weighted by Gasteiger charge is 2.15. The molecule has 1 aromatic heterocycles. The van der Waals surface area contributed by atoms with Gasteiger partial charge in [-0.05, 0) is 24.8 Å². The molecule has 0 amide bonds. The van der Waals surface area contributed by atoms with Gasteiger partial charge in [0.1, 0.15) is 5.82 Å². The summed E-state index contributed by atoms with van der Waals surface area (Å²) in [5.41, 5.74) is 6.90. The van der Waals surface area contributed by atoms with Crippen LogP contribution in [0.3, 0.4) is 0 Å². The smallest absolute Gasteiger partial charge is 0.123 e. The van der Waals surface area contributed by atoms with Gasteiger partial charge in [0.15, 0.2) is 0 Å². The normalized spacial score (nSPS) is 16.1. The van der Waals surface area contributed by atoms with E-state index in [9.17, 15) is 0 Å². The number of likely N-dealkylation sites (N-methyl/N-ethyl adjacent to an activating group) is 1. The summed E-state index contributed by atoms with van der Waals surface area (Å²) in [5, 5.41) is 7.24. The molecule has 1 aliphatic rings. The third kappa shape index (κ3) is 3.91. The van der Waals surface area contributed by atoms with E-state index in [0.717, 1.165) is 18.7 Å². The molecule has 0 atom stereocenters. The zero-order chi connectivity index (χ0) is 11.3. The van der Waals surface area contributed by atoms with Gasteiger partial charge >= 0.3 is 0 Å². The number of nitrogen functional groups attached to an aromatic ring is 1. The van der Waals surface area contributed by atoms with Crippen LogP contribution in [0.4, 0.5) is 5.82 Å². The van der Waals surface area contributed by atoms with Gasteiger partial charge in [-0.2, -0.15) is 0 Å². The molecule has 1 fully saturated rings. The molecule has 4 heteroatoms. The third-order valence-corrected chi connectivity index (χ3v) is 2.00. The molecule has 15 heavy (non-hydrogen) atoms. The minimum Gasteiger partial charge on any atom is -0.384 e. The number of hydrogen-bond donors (Lipinski definition) is 2. The van der Waals surface area contributed by atoms with Crippen molar-refractivity contribution in [3.8, 4) is 0 Å². The number of nitrogens with one attached hydrogen (secondary N) is 1. The van der Waals surface area contributed by atoms with Gasteiger partial charge in [0, 0.05) is 25.0 Å². The topological polar surface area (TPSA) is 66.0 Å². The first-order valence-corrected chi connectivity index (χ1v) is 4.70. The molecule has 2 heterocycles. The molecule has 3 N–H and O–H groups in total. The SMILES string of the molecule is C=C1CN(C)CC1=N.Nc1ccccn1. The van der Waals surface area contributed by atoms with Crippen molar-refractivity contribution in [3.05, 3.63) is 36.5 Å². The van der Waals surface area contributed by atoms with Crippen LogP contribution in [-0.4, -0.2) is 35.7 Å². The Morgan fingerprint density at radius 2 is 2.20 bits per heavy atom. The van der Waals surface area contributed by atoms with Gasteiger partial charge in [-0.15, -0.1) is 0 Å². The second-order valence-electron chi connectivity index (χ2n) is 3.51. The molecule has 0 aromatic carbocycles. The molecule has 0 bridgehead atoms. The Labute approximate surface area is 89.9 Å². The summed E-state index contributed by atoms with van der Waals surface area (Å²) in [6, 6.07) is 5.43. The summed E-state index contributed by atoms with van der Waals surface area (Å²) >= 11 is 0. The Morgan fingerprint density at radius 1 is 1.47 bits per heavy atom. The summed E-state index contributed by atoms with van der Waals surface area (Å²) in [6.45, 7) is 5.37. The van der Waals surface area contributed by atoms with Crippen molar-refractivity contribution in [1.82, 2.24) is 9.88 Å². The van der Waals surface area contributed by atoms with Crippen molar-refractivity contribution >= 4 is 11.5 Å². The maximum atomic E-state index is 7.24. The van der Waals surface area contributed by atoms with Crippen molar-refractivity contribution in [3.63, 3.8) is 0 Å². The highest BCUT2D eigenvalue weighted by molar-refractivity contribution is 6.01. The van der Waals surface area contributed by atoms with Gasteiger partial charge in [-0.1, -0.05) is 12.6 Å². The Balaban J connectivity index is 0.000000151. The highest BCUT2D eigenvalue weighted by atomic mass is 15.1. The van der Waals surface area contributed by atoms with Crippen LogP contribution in [0.2, 0.25) is 0 Å². The molecule has 0 saturated carbocycles. The molecule has 0 radical (unpaired) electrons. The van der Waals surface area contributed by atoms with Crippen molar-refractivity contribution in [2.45, 2.75) is 0 Å². The second kappa shape index (κ2) is 5.26. The van der Waals surface area contributed by atoms with E-state index in [-0.39, 0.29) is 0 Å². The molecule has 1 aliphatic heterocycles. The zero-order valence-corrected chi connectivity index (χ0v) is 8.90. The molecule has 2 rings (SSSR count). The average Bonchev–Trinajstić information content (AvgIpc) is 2.46. The van der Waals surface area contributed by atoms with Crippen molar-refractivity contribution in [1.29, 1.82) is 5.41 Å². The second-order valence-corrected chi connectivity index (χ2v) is 3.51. The maximum Gasteiger partial charge on any atom is 0.123 e. The number of nitrogens with two attached hydrogens (primary N) is 1. The molecule has 0 aliphatic carbocycles. The van der Waals surface area contributed by atoms with Crippen LogP contribution in [0.5, 0.6) is 0 Å². The van der Waals surface area contributed by atoms with Crippen molar-refractivity contribution < 1.29 is 0 Å². The lowest BCUT2D eigenvalue weighted by molar-refractivity contribution is 0.445. The first-order valence-electron chi connectivity index (χ1n) is 4.70. The molecule has 80 valence electrons. The van der Waals surface area contributed by atoms with Gasteiger partial charge in [0.25, 0.3) is 0 Å². The third-order valence-electron chi connectivity index (χ3n) is 2.00. The number of aromatic nitrogens is 1. The van der Waals surface area contributed by atoms with E-state index in [2.05, 4.69) is 16.5 Å². The first kappa shape index (κ1) is 11.4. The summed E-state index contributed by atoms with van der Waals surface area (Å²) < 4.78 is 0. The van der Waals surface area contributed by atoms with E-state index in [0.29, 0.717) is 11.5 Å². The Morgan fingerprint density at radius 3 is 2.40 bits per heavy atom. The van der Waals surface area contributed by atoms with Crippen molar-refractivity contribution in [2.24, 2.45) is 0 Å². The number of nitrogens with zero attached hydrogens (tertiary/aromatic N) is 2. The van der Waals surface area contributed by atoms with Crippen LogP contribution in [0, 0.1) is 5.41 Å². The molecular formula is C11H16N4. The largest absolute Gasteiger partial charge is 0.384 e. The van der Waals surface area contributed by atoms with Gasteiger partial charge in [0.05, 0.1) is 0 Å². The summed E-state index contributed by atoms with van der Waals surface area (Å²) in [4.78, 5) is 5.83. The quantitative estimate of drug-likeness (QED) is 0.666. The summed E-state index contributed by atoms with van der Waals surface area (Å²) in [7, 11) is 1.99. The lowest BCUT2D eigenvalue weighted by Crippen LogP contribution is -2.13. The van der Waals surface area contributed by atoms with Gasteiger partial charge < -0.3 is 11.1 Å². The Kier molecular flexibility index (Phi) is 4.00. The van der Waals surface area contributed by atoms with E-state index in [1.165, 1.54) is 0 Å². The zero-order valence-electron chi connectivity index (χ0n) is 8.90. The maximum absolute atomic E-state index is 7.24. The van der Waals surface area contributed by atoms with Crippen molar-refractivity contribution in [2.75, 3.05) is 25.9 Å².